The molecule has 7 heteroatoms. The van der Waals surface area contributed by atoms with Gasteiger partial charge in [-0.1, -0.05) is 0 Å². The van der Waals surface area contributed by atoms with Crippen LogP contribution >= 0.6 is 0 Å². The standard InChI is InChI=1S/C14H8F3N3O/c15-14(16,17)12-4-3-8(7-19-12)10-6-11-9(13(21)20-10)2-1-5-18-11/h1-7H,(H,20,21). The van der Waals surface area contributed by atoms with Crippen LogP contribution in [0.2, 0.25) is 0 Å². The summed E-state index contributed by atoms with van der Waals surface area (Å²) in [5.74, 6) is 0. The van der Waals surface area contributed by atoms with Gasteiger partial charge in [0.25, 0.3) is 5.56 Å². The zero-order chi connectivity index (χ0) is 15.0. The number of hydrogen-bond donors (Lipinski definition) is 1. The molecule has 4 nitrogen and oxygen atoms in total. The number of aromatic nitrogens is 3. The molecule has 0 fully saturated rings. The first kappa shape index (κ1) is 13.3. The fourth-order valence-electron chi connectivity index (χ4n) is 1.96. The zero-order valence-electron chi connectivity index (χ0n) is 10.5. The lowest BCUT2D eigenvalue weighted by Crippen LogP contribution is -2.09. The highest BCUT2D eigenvalue weighted by molar-refractivity contribution is 5.81. The summed E-state index contributed by atoms with van der Waals surface area (Å²) in [6, 6.07) is 6.99. The largest absolute Gasteiger partial charge is 0.433 e. The van der Waals surface area contributed by atoms with Crippen molar-refractivity contribution in [1.29, 1.82) is 0 Å². The van der Waals surface area contributed by atoms with E-state index in [0.29, 0.717) is 22.2 Å². The van der Waals surface area contributed by atoms with Gasteiger partial charge in [-0.15, -0.1) is 0 Å². The molecule has 0 amide bonds. The van der Waals surface area contributed by atoms with E-state index in [4.69, 9.17) is 0 Å². The van der Waals surface area contributed by atoms with Crippen molar-refractivity contribution < 1.29 is 13.2 Å². The van der Waals surface area contributed by atoms with Crippen LogP contribution in [0.25, 0.3) is 22.2 Å². The Morgan fingerprint density at radius 1 is 1.10 bits per heavy atom. The van der Waals surface area contributed by atoms with E-state index >= 15 is 0 Å². The Bertz CT molecular complexity index is 854. The van der Waals surface area contributed by atoms with Crippen molar-refractivity contribution in [2.75, 3.05) is 0 Å². The van der Waals surface area contributed by atoms with Gasteiger partial charge < -0.3 is 4.98 Å². The maximum absolute atomic E-state index is 12.5. The van der Waals surface area contributed by atoms with Crippen molar-refractivity contribution >= 4 is 10.9 Å². The van der Waals surface area contributed by atoms with Crippen molar-refractivity contribution in [2.24, 2.45) is 0 Å². The van der Waals surface area contributed by atoms with Gasteiger partial charge in [0, 0.05) is 18.0 Å². The highest BCUT2D eigenvalue weighted by Crippen LogP contribution is 2.28. The van der Waals surface area contributed by atoms with Crippen LogP contribution in [0.15, 0.2) is 47.5 Å². The average molecular weight is 291 g/mol. The van der Waals surface area contributed by atoms with E-state index in [2.05, 4.69) is 15.0 Å². The van der Waals surface area contributed by atoms with Gasteiger partial charge in [0.1, 0.15) is 5.69 Å². The maximum atomic E-state index is 12.5. The number of nitrogens with zero attached hydrogens (tertiary/aromatic N) is 2. The first-order valence-electron chi connectivity index (χ1n) is 5.97. The summed E-state index contributed by atoms with van der Waals surface area (Å²) in [6.45, 7) is 0. The topological polar surface area (TPSA) is 58.6 Å². The van der Waals surface area contributed by atoms with Gasteiger partial charge in [-0.25, -0.2) is 0 Å². The second-order valence-electron chi connectivity index (χ2n) is 4.38. The Kier molecular flexibility index (Phi) is 2.97. The third-order valence-corrected chi connectivity index (χ3v) is 2.98. The molecular weight excluding hydrogens is 283 g/mol. The normalized spacial score (nSPS) is 11.8. The van der Waals surface area contributed by atoms with Crippen molar-refractivity contribution in [3.05, 3.63) is 58.8 Å². The van der Waals surface area contributed by atoms with E-state index in [1.165, 1.54) is 12.3 Å². The first-order valence-corrected chi connectivity index (χ1v) is 5.97. The van der Waals surface area contributed by atoms with E-state index in [9.17, 15) is 18.0 Å². The Balaban J connectivity index is 2.10. The summed E-state index contributed by atoms with van der Waals surface area (Å²) in [4.78, 5) is 21.9. The molecule has 0 unspecified atom stereocenters. The summed E-state index contributed by atoms with van der Waals surface area (Å²) in [7, 11) is 0. The smallest absolute Gasteiger partial charge is 0.321 e. The van der Waals surface area contributed by atoms with Crippen LogP contribution in [0.1, 0.15) is 5.69 Å². The van der Waals surface area contributed by atoms with Crippen LogP contribution in [0.3, 0.4) is 0 Å². The molecule has 3 heterocycles. The summed E-state index contributed by atoms with van der Waals surface area (Å²) in [5.41, 5.74) is -0.112. The van der Waals surface area contributed by atoms with Crippen molar-refractivity contribution in [2.45, 2.75) is 6.18 Å². The molecule has 1 N–H and O–H groups in total. The molecule has 0 aliphatic heterocycles. The number of aromatic amines is 1. The molecule has 3 aromatic rings. The average Bonchev–Trinajstić information content (AvgIpc) is 2.46. The summed E-state index contributed by atoms with van der Waals surface area (Å²) in [6.07, 6.45) is -1.88. The Hall–Kier alpha value is -2.70. The van der Waals surface area contributed by atoms with Gasteiger partial charge in [-0.05, 0) is 30.3 Å². The van der Waals surface area contributed by atoms with Gasteiger partial charge in [0.2, 0.25) is 0 Å². The lowest BCUT2D eigenvalue weighted by molar-refractivity contribution is -0.141. The molecule has 0 aromatic carbocycles. The Labute approximate surface area is 116 Å². The SMILES string of the molecule is O=c1[nH]c(-c2ccc(C(F)(F)F)nc2)cc2ncccc12. The molecule has 0 aliphatic rings. The van der Waals surface area contributed by atoms with Crippen LogP contribution in [0.4, 0.5) is 13.2 Å². The second kappa shape index (κ2) is 4.69. The molecule has 0 radical (unpaired) electrons. The van der Waals surface area contributed by atoms with E-state index in [1.54, 1.807) is 18.2 Å². The molecule has 21 heavy (non-hydrogen) atoms. The molecule has 0 saturated heterocycles. The van der Waals surface area contributed by atoms with E-state index < -0.39 is 11.9 Å². The van der Waals surface area contributed by atoms with Crippen molar-refractivity contribution in [1.82, 2.24) is 15.0 Å². The summed E-state index contributed by atoms with van der Waals surface area (Å²) < 4.78 is 37.4. The lowest BCUT2D eigenvalue weighted by atomic mass is 10.1. The van der Waals surface area contributed by atoms with Gasteiger partial charge in [-0.3, -0.25) is 14.8 Å². The molecular formula is C14H8F3N3O. The van der Waals surface area contributed by atoms with Gasteiger partial charge in [-0.2, -0.15) is 13.2 Å². The number of fused-ring (bicyclic) bond motifs is 1. The monoisotopic (exact) mass is 291 g/mol. The van der Waals surface area contributed by atoms with Crippen LogP contribution in [-0.4, -0.2) is 15.0 Å². The molecule has 0 atom stereocenters. The highest BCUT2D eigenvalue weighted by atomic mass is 19.4. The molecule has 0 saturated carbocycles. The van der Waals surface area contributed by atoms with Crippen LogP contribution in [0.5, 0.6) is 0 Å². The Morgan fingerprint density at radius 3 is 2.57 bits per heavy atom. The molecule has 3 rings (SSSR count). The third-order valence-electron chi connectivity index (χ3n) is 2.98. The van der Waals surface area contributed by atoms with Crippen LogP contribution in [-0.2, 0) is 6.18 Å². The number of rotatable bonds is 1. The van der Waals surface area contributed by atoms with Crippen LogP contribution < -0.4 is 5.56 Å². The first-order chi connectivity index (χ1) is 9.95. The number of alkyl halides is 3. The minimum absolute atomic E-state index is 0.351. The summed E-state index contributed by atoms with van der Waals surface area (Å²) in [5, 5.41) is 0.418. The highest BCUT2D eigenvalue weighted by Gasteiger charge is 2.32. The number of nitrogens with one attached hydrogen (secondary N) is 1. The predicted octanol–water partition coefficient (Wildman–Crippen LogP) is 3.00. The van der Waals surface area contributed by atoms with E-state index in [1.807, 2.05) is 0 Å². The van der Waals surface area contributed by atoms with Crippen molar-refractivity contribution in [3.63, 3.8) is 0 Å². The number of hydrogen-bond acceptors (Lipinski definition) is 3. The minimum Gasteiger partial charge on any atom is -0.321 e. The van der Waals surface area contributed by atoms with E-state index in [0.717, 1.165) is 12.3 Å². The maximum Gasteiger partial charge on any atom is 0.433 e. The predicted molar refractivity (Wildman–Crippen MR) is 70.6 cm³/mol. The van der Waals surface area contributed by atoms with Crippen LogP contribution in [0, 0.1) is 0 Å². The third kappa shape index (κ3) is 2.49. The molecule has 0 bridgehead atoms. The summed E-state index contributed by atoms with van der Waals surface area (Å²) >= 11 is 0. The fourth-order valence-corrected chi connectivity index (χ4v) is 1.96. The van der Waals surface area contributed by atoms with Gasteiger partial charge in [0.15, 0.2) is 0 Å². The van der Waals surface area contributed by atoms with Gasteiger partial charge >= 0.3 is 6.18 Å². The number of pyridine rings is 3. The number of H-pyrrole nitrogens is 1. The lowest BCUT2D eigenvalue weighted by Gasteiger charge is -2.07. The molecule has 0 spiro atoms. The Morgan fingerprint density at radius 2 is 1.90 bits per heavy atom. The number of halogens is 3. The fraction of sp³-hybridized carbons (Fsp3) is 0.0714. The second-order valence-corrected chi connectivity index (χ2v) is 4.38. The molecule has 3 aromatic heterocycles. The van der Waals surface area contributed by atoms with Crippen molar-refractivity contribution in [3.8, 4) is 11.3 Å². The van der Waals surface area contributed by atoms with E-state index in [-0.39, 0.29) is 5.56 Å². The molecule has 0 aliphatic carbocycles. The minimum atomic E-state index is -4.49. The molecule has 106 valence electrons. The van der Waals surface area contributed by atoms with Gasteiger partial charge in [0.05, 0.1) is 16.6 Å². The zero-order valence-corrected chi connectivity index (χ0v) is 10.5. The quantitative estimate of drug-likeness (QED) is 0.749.